The molecule has 3 heterocycles. The number of carbonyl (C=O) groups excluding carboxylic acids is 3. The summed E-state index contributed by atoms with van der Waals surface area (Å²) in [6, 6.07) is -0.393. The van der Waals surface area contributed by atoms with E-state index in [1.54, 1.807) is 4.90 Å². The number of rotatable bonds is 7. The zero-order chi connectivity index (χ0) is 19.4. The number of carbonyl (C=O) groups is 3. The van der Waals surface area contributed by atoms with Gasteiger partial charge in [-0.3, -0.25) is 9.59 Å². The summed E-state index contributed by atoms with van der Waals surface area (Å²) < 4.78 is 5.75. The average molecular weight is 380 g/mol. The number of ether oxygens (including phenoxy) is 1. The highest BCUT2D eigenvalue weighted by atomic mass is 16.6. The molecule has 0 saturated carbocycles. The maximum Gasteiger partial charge on any atom is 0.410 e. The fourth-order valence-electron chi connectivity index (χ4n) is 4.47. The minimum Gasteiger partial charge on any atom is -0.441 e. The van der Waals surface area contributed by atoms with Crippen LogP contribution in [0.3, 0.4) is 0 Å². The molecule has 7 heteroatoms. The zero-order valence-electron chi connectivity index (χ0n) is 16.7. The molecule has 27 heavy (non-hydrogen) atoms. The van der Waals surface area contributed by atoms with Crippen molar-refractivity contribution in [3.63, 3.8) is 0 Å². The molecule has 1 spiro atoms. The Morgan fingerprint density at radius 3 is 2.52 bits per heavy atom. The minimum absolute atomic E-state index is 0.0147. The van der Waals surface area contributed by atoms with Gasteiger partial charge < -0.3 is 19.4 Å². The molecule has 0 aliphatic carbocycles. The lowest BCUT2D eigenvalue weighted by molar-refractivity contribution is -0.145. The van der Waals surface area contributed by atoms with Gasteiger partial charge in [-0.2, -0.15) is 0 Å². The Kier molecular flexibility index (Phi) is 6.27. The van der Waals surface area contributed by atoms with Gasteiger partial charge in [0.05, 0.1) is 6.54 Å². The number of nitrogens with zero attached hydrogens (tertiary/aromatic N) is 3. The van der Waals surface area contributed by atoms with Crippen molar-refractivity contribution in [3.8, 4) is 0 Å². The number of piperidine rings is 1. The zero-order valence-corrected chi connectivity index (χ0v) is 16.7. The van der Waals surface area contributed by atoms with E-state index in [2.05, 4.69) is 6.92 Å². The second-order valence-corrected chi connectivity index (χ2v) is 8.23. The molecule has 3 aliphatic heterocycles. The number of hydrogen-bond donors (Lipinski definition) is 0. The second kappa shape index (κ2) is 8.48. The fourth-order valence-corrected chi connectivity index (χ4v) is 4.47. The average Bonchev–Trinajstić information content (AvgIpc) is 3.21. The van der Waals surface area contributed by atoms with Gasteiger partial charge in [-0.15, -0.1) is 0 Å². The Labute approximate surface area is 162 Å². The Hall–Kier alpha value is -1.79. The summed E-state index contributed by atoms with van der Waals surface area (Å²) in [5.41, 5.74) is -0.439. The molecule has 1 atom stereocenters. The van der Waals surface area contributed by atoms with Gasteiger partial charge in [0.15, 0.2) is 0 Å². The Balaban J connectivity index is 1.49. The quantitative estimate of drug-likeness (QED) is 0.637. The smallest absolute Gasteiger partial charge is 0.410 e. The predicted octanol–water partition coefficient (Wildman–Crippen LogP) is 2.39. The Morgan fingerprint density at radius 1 is 1.15 bits per heavy atom. The molecule has 0 N–H and O–H groups in total. The van der Waals surface area contributed by atoms with Crippen LogP contribution in [0.25, 0.3) is 0 Å². The monoisotopic (exact) mass is 379 g/mol. The lowest BCUT2D eigenvalue weighted by Crippen LogP contribution is -2.53. The first kappa shape index (κ1) is 20.0. The number of likely N-dealkylation sites (tertiary alicyclic amines) is 2. The van der Waals surface area contributed by atoms with Crippen molar-refractivity contribution in [2.75, 3.05) is 32.7 Å². The molecule has 3 saturated heterocycles. The lowest BCUT2D eigenvalue weighted by atomic mass is 9.91. The molecule has 3 aliphatic rings. The van der Waals surface area contributed by atoms with Gasteiger partial charge in [0.2, 0.25) is 11.8 Å². The van der Waals surface area contributed by atoms with E-state index in [0.717, 1.165) is 25.8 Å². The molecule has 0 bridgehead atoms. The van der Waals surface area contributed by atoms with Crippen molar-refractivity contribution in [2.24, 2.45) is 0 Å². The summed E-state index contributed by atoms with van der Waals surface area (Å²) in [6.07, 6.45) is 7.07. The molecule has 3 fully saturated rings. The summed E-state index contributed by atoms with van der Waals surface area (Å²) in [4.78, 5) is 42.3. The third kappa shape index (κ3) is 4.38. The van der Waals surface area contributed by atoms with Crippen molar-refractivity contribution in [2.45, 2.75) is 76.9 Å². The summed E-state index contributed by atoms with van der Waals surface area (Å²) in [5.74, 6) is 0.0913. The summed E-state index contributed by atoms with van der Waals surface area (Å²) in [6.45, 7) is 7.24. The van der Waals surface area contributed by atoms with Crippen LogP contribution >= 0.6 is 0 Å². The van der Waals surface area contributed by atoms with Gasteiger partial charge in [0.1, 0.15) is 11.6 Å². The van der Waals surface area contributed by atoms with Gasteiger partial charge in [-0.25, -0.2) is 4.79 Å². The number of unbranched alkanes of at least 4 members (excludes halogenated alkanes) is 3. The van der Waals surface area contributed by atoms with Crippen LogP contribution in [0.4, 0.5) is 4.79 Å². The Morgan fingerprint density at radius 2 is 1.89 bits per heavy atom. The molecule has 0 aromatic rings. The highest BCUT2D eigenvalue weighted by Gasteiger charge is 2.47. The van der Waals surface area contributed by atoms with Crippen LogP contribution in [-0.2, 0) is 14.3 Å². The van der Waals surface area contributed by atoms with Gasteiger partial charge in [0.25, 0.3) is 0 Å². The van der Waals surface area contributed by atoms with Crippen molar-refractivity contribution in [3.05, 3.63) is 0 Å². The molecule has 7 nitrogen and oxygen atoms in total. The summed E-state index contributed by atoms with van der Waals surface area (Å²) in [5, 5.41) is 0. The molecule has 3 amide bonds. The third-order valence-electron chi connectivity index (χ3n) is 6.24. The number of hydrogen-bond acceptors (Lipinski definition) is 4. The molecule has 3 rings (SSSR count). The van der Waals surface area contributed by atoms with Gasteiger partial charge in [-0.05, 0) is 19.8 Å². The fraction of sp³-hybridized carbons (Fsp3) is 0.850. The first-order valence-electron chi connectivity index (χ1n) is 10.5. The molecule has 0 radical (unpaired) electrons. The first-order valence-corrected chi connectivity index (χ1v) is 10.5. The SMILES string of the molecule is CCCCCCN1CC2(CCN(C(=O)[C@H](C)N3CCCC3=O)CC2)OC1=O. The van der Waals surface area contributed by atoms with Crippen LogP contribution < -0.4 is 0 Å². The molecule has 0 unspecified atom stereocenters. The molecular formula is C20H33N3O4. The van der Waals surface area contributed by atoms with E-state index >= 15 is 0 Å². The van der Waals surface area contributed by atoms with Crippen LogP contribution in [0.15, 0.2) is 0 Å². The van der Waals surface area contributed by atoms with Crippen LogP contribution in [-0.4, -0.2) is 77.0 Å². The third-order valence-corrected chi connectivity index (χ3v) is 6.24. The minimum atomic E-state index is -0.439. The largest absolute Gasteiger partial charge is 0.441 e. The normalized spacial score (nSPS) is 23.3. The van der Waals surface area contributed by atoms with E-state index in [1.807, 2.05) is 16.7 Å². The molecule has 152 valence electrons. The summed E-state index contributed by atoms with van der Waals surface area (Å²) in [7, 11) is 0. The van der Waals surface area contributed by atoms with Gasteiger partial charge in [-0.1, -0.05) is 26.2 Å². The van der Waals surface area contributed by atoms with Crippen LogP contribution in [0.5, 0.6) is 0 Å². The van der Waals surface area contributed by atoms with Crippen LogP contribution in [0.1, 0.15) is 65.2 Å². The van der Waals surface area contributed by atoms with E-state index < -0.39 is 11.6 Å². The van der Waals surface area contributed by atoms with E-state index in [4.69, 9.17) is 4.74 Å². The maximum atomic E-state index is 12.8. The van der Waals surface area contributed by atoms with E-state index in [-0.39, 0.29) is 17.9 Å². The molecule has 0 aromatic heterocycles. The molecule has 0 aromatic carbocycles. The van der Waals surface area contributed by atoms with Crippen molar-refractivity contribution >= 4 is 17.9 Å². The van der Waals surface area contributed by atoms with E-state index in [9.17, 15) is 14.4 Å². The second-order valence-electron chi connectivity index (χ2n) is 8.23. The van der Waals surface area contributed by atoms with Crippen molar-refractivity contribution < 1.29 is 19.1 Å². The van der Waals surface area contributed by atoms with Crippen LogP contribution in [0, 0.1) is 0 Å². The Bertz CT molecular complexity index is 572. The topological polar surface area (TPSA) is 70.2 Å². The van der Waals surface area contributed by atoms with E-state index in [1.165, 1.54) is 12.8 Å². The van der Waals surface area contributed by atoms with Crippen molar-refractivity contribution in [1.29, 1.82) is 0 Å². The summed E-state index contributed by atoms with van der Waals surface area (Å²) >= 11 is 0. The van der Waals surface area contributed by atoms with Crippen LogP contribution in [0.2, 0.25) is 0 Å². The highest BCUT2D eigenvalue weighted by molar-refractivity contribution is 5.88. The molecular weight excluding hydrogens is 346 g/mol. The maximum absolute atomic E-state index is 12.8. The number of amides is 3. The predicted molar refractivity (Wildman–Crippen MR) is 101 cm³/mol. The first-order chi connectivity index (χ1) is 13.0. The van der Waals surface area contributed by atoms with Gasteiger partial charge in [0, 0.05) is 45.4 Å². The van der Waals surface area contributed by atoms with Crippen molar-refractivity contribution in [1.82, 2.24) is 14.7 Å². The standard InChI is InChI=1S/C20H33N3O4/c1-3-4-5-6-11-22-15-20(27-19(22)26)9-13-21(14-10-20)18(25)16(2)23-12-7-8-17(23)24/h16H,3-15H2,1-2H3/t16-/m0/s1. The highest BCUT2D eigenvalue weighted by Crippen LogP contribution is 2.34. The van der Waals surface area contributed by atoms with E-state index in [0.29, 0.717) is 45.4 Å². The lowest BCUT2D eigenvalue weighted by Gasteiger charge is -2.39. The van der Waals surface area contributed by atoms with Gasteiger partial charge >= 0.3 is 6.09 Å².